The lowest BCUT2D eigenvalue weighted by atomic mass is 10.1. The highest BCUT2D eigenvalue weighted by Crippen LogP contribution is 2.35. The van der Waals surface area contributed by atoms with Crippen LogP contribution >= 0.6 is 34.4 Å². The van der Waals surface area contributed by atoms with Crippen molar-refractivity contribution in [3.05, 3.63) is 66.6 Å². The van der Waals surface area contributed by atoms with E-state index in [1.165, 1.54) is 18.2 Å². The van der Waals surface area contributed by atoms with E-state index < -0.39 is 28.5 Å². The summed E-state index contributed by atoms with van der Waals surface area (Å²) in [6.07, 6.45) is 1.47. The van der Waals surface area contributed by atoms with Crippen molar-refractivity contribution < 1.29 is 24.0 Å². The highest BCUT2D eigenvalue weighted by molar-refractivity contribution is 14.1. The minimum Gasteiger partial charge on any atom is -0.378 e. The van der Waals surface area contributed by atoms with E-state index in [9.17, 15) is 24.5 Å². The monoisotopic (exact) mass is 594 g/mol. The Labute approximate surface area is 212 Å². The molecule has 0 aliphatic carbocycles. The normalized spacial score (nSPS) is 17.4. The first-order valence-electron chi connectivity index (χ1n) is 10.2. The molecular weight excluding hydrogens is 575 g/mol. The van der Waals surface area contributed by atoms with Crippen LogP contribution in [0.25, 0.3) is 6.08 Å². The molecule has 10 nitrogen and oxygen atoms in total. The van der Waals surface area contributed by atoms with Crippen molar-refractivity contribution in [2.24, 2.45) is 0 Å². The average molecular weight is 594 g/mol. The first-order chi connectivity index (χ1) is 16.3. The molecule has 2 aromatic rings. The van der Waals surface area contributed by atoms with Gasteiger partial charge in [-0.25, -0.2) is 0 Å². The Balaban J connectivity index is 1.55. The second-order valence-corrected chi connectivity index (χ2v) is 9.66. The molecule has 0 saturated carbocycles. The number of carbonyl (C=O) groups excluding carboxylic acids is 3. The minimum absolute atomic E-state index is 0.0991. The number of hydrogen-bond donors (Lipinski definition) is 1. The van der Waals surface area contributed by atoms with Gasteiger partial charge in [0.05, 0.1) is 23.0 Å². The Hall–Kier alpha value is -2.97. The third-order valence-electron chi connectivity index (χ3n) is 5.16. The Kier molecular flexibility index (Phi) is 7.48. The van der Waals surface area contributed by atoms with Gasteiger partial charge >= 0.3 is 0 Å². The van der Waals surface area contributed by atoms with E-state index in [1.54, 1.807) is 18.2 Å². The molecule has 0 bridgehead atoms. The maximum atomic E-state index is 12.9. The quantitative estimate of drug-likeness (QED) is 0.233. The molecule has 12 heteroatoms. The zero-order chi connectivity index (χ0) is 24.2. The Morgan fingerprint density at radius 3 is 2.56 bits per heavy atom. The predicted molar refractivity (Wildman–Crippen MR) is 137 cm³/mol. The number of hydrogen-bond acceptors (Lipinski definition) is 8. The van der Waals surface area contributed by atoms with Crippen molar-refractivity contribution in [1.29, 1.82) is 0 Å². The van der Waals surface area contributed by atoms with Crippen LogP contribution in [0.15, 0.2) is 47.4 Å². The highest BCUT2D eigenvalue weighted by atomic mass is 127. The summed E-state index contributed by atoms with van der Waals surface area (Å²) < 4.78 is 6.38. The van der Waals surface area contributed by atoms with Crippen LogP contribution in [0.5, 0.6) is 0 Å². The van der Waals surface area contributed by atoms with Crippen LogP contribution in [0.3, 0.4) is 0 Å². The van der Waals surface area contributed by atoms with Gasteiger partial charge in [0, 0.05) is 45.7 Å². The number of rotatable bonds is 6. The smallest absolute Gasteiger partial charge is 0.294 e. The zero-order valence-corrected chi connectivity index (χ0v) is 20.7. The number of ether oxygens (including phenoxy) is 1. The first kappa shape index (κ1) is 24.2. The summed E-state index contributed by atoms with van der Waals surface area (Å²) in [7, 11) is 0. The highest BCUT2D eigenvalue weighted by Gasteiger charge is 2.36. The predicted octanol–water partition coefficient (Wildman–Crippen LogP) is 3.71. The molecule has 2 saturated heterocycles. The van der Waals surface area contributed by atoms with Gasteiger partial charge in [-0.3, -0.25) is 29.4 Å². The number of morpholine rings is 1. The molecule has 2 aromatic carbocycles. The standard InChI is InChI=1S/C22H19IN4O6S/c23-15-1-3-16(4-2-15)24-20(28)13-26-21(29)19(34-22(26)30)12-14-11-17(27(31)32)5-6-18(14)25-7-9-33-10-8-25/h1-6,11-12H,7-10,13H2,(H,24,28)/b19-12-. The van der Waals surface area contributed by atoms with Crippen LogP contribution < -0.4 is 10.2 Å². The van der Waals surface area contributed by atoms with Crippen molar-refractivity contribution in [1.82, 2.24) is 4.90 Å². The number of thioether (sulfide) groups is 1. The van der Waals surface area contributed by atoms with Crippen LogP contribution in [0, 0.1) is 13.7 Å². The average Bonchev–Trinajstić information content (AvgIpc) is 3.08. The van der Waals surface area contributed by atoms with Crippen molar-refractivity contribution in [2.75, 3.05) is 43.1 Å². The van der Waals surface area contributed by atoms with E-state index in [1.807, 2.05) is 17.0 Å². The van der Waals surface area contributed by atoms with Gasteiger partial charge in [-0.1, -0.05) is 0 Å². The number of nitrogens with zero attached hydrogens (tertiary/aromatic N) is 3. The summed E-state index contributed by atoms with van der Waals surface area (Å²) in [5.41, 5.74) is 1.58. The van der Waals surface area contributed by atoms with Gasteiger partial charge in [0.15, 0.2) is 0 Å². The first-order valence-corrected chi connectivity index (χ1v) is 12.1. The molecule has 4 rings (SSSR count). The number of nitro groups is 1. The second kappa shape index (κ2) is 10.5. The lowest BCUT2D eigenvalue weighted by Crippen LogP contribution is -2.36. The number of nitrogens with one attached hydrogen (secondary N) is 1. The fourth-order valence-corrected chi connectivity index (χ4v) is 4.71. The molecule has 2 aliphatic heterocycles. The van der Waals surface area contributed by atoms with Gasteiger partial charge in [-0.2, -0.15) is 0 Å². The van der Waals surface area contributed by atoms with Crippen LogP contribution in [-0.4, -0.2) is 59.7 Å². The summed E-state index contributed by atoms with van der Waals surface area (Å²) >= 11 is 2.84. The van der Waals surface area contributed by atoms with E-state index in [0.717, 1.165) is 8.47 Å². The molecular formula is C22H19IN4O6S. The third-order valence-corrected chi connectivity index (χ3v) is 6.79. The molecule has 176 valence electrons. The van der Waals surface area contributed by atoms with Crippen molar-refractivity contribution >= 4 is 74.5 Å². The van der Waals surface area contributed by atoms with E-state index in [4.69, 9.17) is 4.74 Å². The molecule has 2 aliphatic rings. The van der Waals surface area contributed by atoms with Crippen molar-refractivity contribution in [3.63, 3.8) is 0 Å². The van der Waals surface area contributed by atoms with Crippen LogP contribution in [0.4, 0.5) is 21.9 Å². The lowest BCUT2D eigenvalue weighted by molar-refractivity contribution is -0.384. The molecule has 34 heavy (non-hydrogen) atoms. The summed E-state index contributed by atoms with van der Waals surface area (Å²) in [5, 5.41) is 13.4. The fraction of sp³-hybridized carbons (Fsp3) is 0.227. The van der Waals surface area contributed by atoms with Crippen LogP contribution in [0.1, 0.15) is 5.56 Å². The molecule has 1 N–H and O–H groups in total. The maximum absolute atomic E-state index is 12.9. The number of benzene rings is 2. The number of anilines is 2. The number of carbonyl (C=O) groups is 3. The maximum Gasteiger partial charge on any atom is 0.294 e. The van der Waals surface area contributed by atoms with Gasteiger partial charge in [0.2, 0.25) is 5.91 Å². The summed E-state index contributed by atoms with van der Waals surface area (Å²) in [6, 6.07) is 11.5. The fourth-order valence-electron chi connectivity index (χ4n) is 3.52. The van der Waals surface area contributed by atoms with Gasteiger partial charge in [0.1, 0.15) is 6.54 Å². The van der Waals surface area contributed by atoms with E-state index in [-0.39, 0.29) is 10.6 Å². The van der Waals surface area contributed by atoms with E-state index in [0.29, 0.717) is 55.0 Å². The summed E-state index contributed by atoms with van der Waals surface area (Å²) in [4.78, 5) is 51.6. The molecule has 0 unspecified atom stereocenters. The molecule has 0 radical (unpaired) electrons. The zero-order valence-electron chi connectivity index (χ0n) is 17.7. The number of non-ortho nitro benzene ring substituents is 1. The van der Waals surface area contributed by atoms with E-state index in [2.05, 4.69) is 27.9 Å². The number of nitro benzene ring substituents is 1. The number of amides is 3. The Morgan fingerprint density at radius 2 is 1.88 bits per heavy atom. The van der Waals surface area contributed by atoms with Crippen molar-refractivity contribution in [2.45, 2.75) is 0 Å². The molecule has 3 amide bonds. The minimum atomic E-state index is -0.618. The van der Waals surface area contributed by atoms with Gasteiger partial charge in [-0.05, 0) is 70.8 Å². The van der Waals surface area contributed by atoms with Crippen LogP contribution in [-0.2, 0) is 14.3 Å². The molecule has 2 fully saturated rings. The Morgan fingerprint density at radius 1 is 1.18 bits per heavy atom. The third kappa shape index (κ3) is 5.56. The van der Waals surface area contributed by atoms with Gasteiger partial charge in [0.25, 0.3) is 16.8 Å². The van der Waals surface area contributed by atoms with E-state index >= 15 is 0 Å². The summed E-state index contributed by atoms with van der Waals surface area (Å²) in [5.74, 6) is -1.12. The second-order valence-electron chi connectivity index (χ2n) is 7.42. The summed E-state index contributed by atoms with van der Waals surface area (Å²) in [6.45, 7) is 1.79. The van der Waals surface area contributed by atoms with Gasteiger partial charge in [-0.15, -0.1) is 0 Å². The number of halogens is 1. The lowest BCUT2D eigenvalue weighted by Gasteiger charge is -2.30. The van der Waals surface area contributed by atoms with Gasteiger partial charge < -0.3 is 15.0 Å². The largest absolute Gasteiger partial charge is 0.378 e. The molecule has 0 aromatic heterocycles. The molecule has 0 spiro atoms. The number of imide groups is 1. The topological polar surface area (TPSA) is 122 Å². The van der Waals surface area contributed by atoms with Crippen LogP contribution in [0.2, 0.25) is 0 Å². The SMILES string of the molecule is O=C(CN1C(=O)S/C(=C\c2cc([N+](=O)[O-])ccc2N2CCOCC2)C1=O)Nc1ccc(I)cc1. The van der Waals surface area contributed by atoms with Crippen molar-refractivity contribution in [3.8, 4) is 0 Å². The molecule has 0 atom stereocenters. The molecule has 2 heterocycles. The Bertz CT molecular complexity index is 1180.